The van der Waals surface area contributed by atoms with E-state index in [9.17, 15) is 17.6 Å². The Morgan fingerprint density at radius 2 is 2.10 bits per heavy atom. The minimum atomic E-state index is -4.05. The van der Waals surface area contributed by atoms with Gasteiger partial charge in [0.05, 0.1) is 17.1 Å². The van der Waals surface area contributed by atoms with E-state index in [1.54, 1.807) is 0 Å². The zero-order chi connectivity index (χ0) is 16.2. The molecule has 0 heterocycles. The molecular weight excluding hydrogens is 301 g/mol. The summed E-state index contributed by atoms with van der Waals surface area (Å²) in [4.78, 5) is 10.6. The maximum absolute atomic E-state index is 13.7. The molecule has 116 valence electrons. The van der Waals surface area contributed by atoms with Crippen molar-refractivity contribution in [1.29, 1.82) is 0 Å². The number of aryl methyl sites for hydroxylation is 1. The molecule has 0 saturated carbocycles. The second-order valence-electron chi connectivity index (χ2n) is 4.28. The van der Waals surface area contributed by atoms with Gasteiger partial charge in [-0.3, -0.25) is 0 Å². The van der Waals surface area contributed by atoms with Crippen LogP contribution in [-0.4, -0.2) is 48.6 Å². The number of carboxylic acids is 1. The molecule has 8 heteroatoms. The van der Waals surface area contributed by atoms with Gasteiger partial charge in [0.1, 0.15) is 5.82 Å². The number of nitrogens with zero attached hydrogens (tertiary/aromatic N) is 1. The summed E-state index contributed by atoms with van der Waals surface area (Å²) in [6.45, 7) is 4.08. The first kappa shape index (κ1) is 17.3. The van der Waals surface area contributed by atoms with Gasteiger partial charge in [0, 0.05) is 13.1 Å². The molecule has 1 aromatic carbocycles. The third-order valence-electron chi connectivity index (χ3n) is 2.78. The first-order valence-corrected chi connectivity index (χ1v) is 7.45. The van der Waals surface area contributed by atoms with Crippen molar-refractivity contribution < 1.29 is 27.8 Å². The van der Waals surface area contributed by atoms with E-state index in [2.05, 4.69) is 6.58 Å². The first-order chi connectivity index (χ1) is 9.75. The number of carboxylic acid groups (broad SMARTS) is 1. The van der Waals surface area contributed by atoms with Gasteiger partial charge in [-0.1, -0.05) is 6.08 Å². The number of hydrogen-bond donors (Lipinski definition) is 2. The van der Waals surface area contributed by atoms with Crippen molar-refractivity contribution in [3.63, 3.8) is 0 Å². The van der Waals surface area contributed by atoms with Gasteiger partial charge in [0.25, 0.3) is 0 Å². The summed E-state index contributed by atoms with van der Waals surface area (Å²) in [5, 5.41) is 17.8. The average molecular weight is 317 g/mol. The molecule has 0 amide bonds. The fraction of sp³-hybridized carbons (Fsp3) is 0.308. The molecule has 0 unspecified atom stereocenters. The minimum Gasteiger partial charge on any atom is -0.478 e. The molecule has 0 spiro atoms. The summed E-state index contributed by atoms with van der Waals surface area (Å²) in [7, 11) is -4.05. The molecule has 0 fully saturated rings. The smallest absolute Gasteiger partial charge is 0.338 e. The summed E-state index contributed by atoms with van der Waals surface area (Å²) < 4.78 is 39.4. The maximum Gasteiger partial charge on any atom is 0.338 e. The number of aromatic carboxylic acids is 1. The van der Waals surface area contributed by atoms with Crippen molar-refractivity contribution in [2.24, 2.45) is 0 Å². The van der Waals surface area contributed by atoms with Crippen molar-refractivity contribution in [3.05, 3.63) is 41.7 Å². The van der Waals surface area contributed by atoms with Crippen LogP contribution < -0.4 is 0 Å². The van der Waals surface area contributed by atoms with Crippen LogP contribution in [-0.2, 0) is 10.0 Å². The van der Waals surface area contributed by atoms with E-state index in [0.29, 0.717) is 0 Å². The quantitative estimate of drug-likeness (QED) is 0.732. The number of halogens is 1. The predicted octanol–water partition coefficient (Wildman–Crippen LogP) is 1.00. The molecule has 0 aliphatic carbocycles. The van der Waals surface area contributed by atoms with Crippen LogP contribution in [0.2, 0.25) is 0 Å². The minimum absolute atomic E-state index is 0.0538. The normalized spacial score (nSPS) is 11.6. The summed E-state index contributed by atoms with van der Waals surface area (Å²) in [5.41, 5.74) is -0.799. The lowest BCUT2D eigenvalue weighted by atomic mass is 10.1. The zero-order valence-corrected chi connectivity index (χ0v) is 12.2. The molecule has 0 atom stereocenters. The van der Waals surface area contributed by atoms with Crippen LogP contribution in [0.1, 0.15) is 15.9 Å². The molecular formula is C13H16FNO5S. The first-order valence-electron chi connectivity index (χ1n) is 6.01. The maximum atomic E-state index is 13.7. The number of rotatable bonds is 7. The van der Waals surface area contributed by atoms with E-state index in [0.717, 1.165) is 16.4 Å². The Hall–Kier alpha value is -1.77. The molecule has 0 aromatic heterocycles. The fourth-order valence-electron chi connectivity index (χ4n) is 1.76. The Kier molecular flexibility index (Phi) is 5.59. The van der Waals surface area contributed by atoms with Gasteiger partial charge >= 0.3 is 5.97 Å². The van der Waals surface area contributed by atoms with Crippen LogP contribution in [0.3, 0.4) is 0 Å². The summed E-state index contributed by atoms with van der Waals surface area (Å²) in [6, 6.07) is 1.83. The molecule has 0 saturated heterocycles. The highest BCUT2D eigenvalue weighted by atomic mass is 32.2. The lowest BCUT2D eigenvalue weighted by Crippen LogP contribution is -2.34. The largest absolute Gasteiger partial charge is 0.478 e. The second kappa shape index (κ2) is 6.79. The molecule has 0 aliphatic rings. The van der Waals surface area contributed by atoms with Gasteiger partial charge in [0.2, 0.25) is 10.0 Å². The molecule has 21 heavy (non-hydrogen) atoms. The van der Waals surface area contributed by atoms with Crippen LogP contribution in [0.25, 0.3) is 0 Å². The third kappa shape index (κ3) is 3.66. The van der Waals surface area contributed by atoms with Crippen LogP contribution in [0.5, 0.6) is 0 Å². The summed E-state index contributed by atoms with van der Waals surface area (Å²) in [5.74, 6) is -2.52. The number of carbonyl (C=O) groups is 1. The summed E-state index contributed by atoms with van der Waals surface area (Å²) >= 11 is 0. The van der Waals surface area contributed by atoms with E-state index < -0.39 is 34.0 Å². The van der Waals surface area contributed by atoms with Gasteiger partial charge < -0.3 is 10.2 Å². The van der Waals surface area contributed by atoms with Crippen LogP contribution in [0.4, 0.5) is 4.39 Å². The number of aliphatic hydroxyl groups is 1. The van der Waals surface area contributed by atoms with Gasteiger partial charge in [-0.15, -0.1) is 6.58 Å². The molecule has 1 aromatic rings. The van der Waals surface area contributed by atoms with Crippen LogP contribution >= 0.6 is 0 Å². The van der Waals surface area contributed by atoms with Gasteiger partial charge in [-0.2, -0.15) is 4.31 Å². The van der Waals surface area contributed by atoms with Crippen molar-refractivity contribution in [2.45, 2.75) is 11.8 Å². The Morgan fingerprint density at radius 1 is 1.48 bits per heavy atom. The van der Waals surface area contributed by atoms with Gasteiger partial charge in [-0.05, 0) is 24.6 Å². The Balaban J connectivity index is 3.43. The molecule has 0 bridgehead atoms. The van der Waals surface area contributed by atoms with Gasteiger partial charge in [0.15, 0.2) is 0 Å². The van der Waals surface area contributed by atoms with Crippen molar-refractivity contribution in [1.82, 2.24) is 4.31 Å². The number of aliphatic hydroxyl groups excluding tert-OH is 1. The van der Waals surface area contributed by atoms with E-state index >= 15 is 0 Å². The highest BCUT2D eigenvalue weighted by Gasteiger charge is 2.26. The highest BCUT2D eigenvalue weighted by Crippen LogP contribution is 2.22. The van der Waals surface area contributed by atoms with E-state index in [1.807, 2.05) is 0 Å². The van der Waals surface area contributed by atoms with Gasteiger partial charge in [-0.25, -0.2) is 17.6 Å². The second-order valence-corrected chi connectivity index (χ2v) is 6.22. The van der Waals surface area contributed by atoms with Crippen molar-refractivity contribution >= 4 is 16.0 Å². The molecule has 0 radical (unpaired) electrons. The standard InChI is InChI=1S/C13H16FNO5S/c1-3-4-15(5-6-16)21(19,20)10-7-9(2)12(14)11(8-10)13(17)18/h3,7-8,16H,1,4-6H2,2H3,(H,17,18). The fourth-order valence-corrected chi connectivity index (χ4v) is 3.27. The number of hydrogen-bond acceptors (Lipinski definition) is 4. The monoisotopic (exact) mass is 317 g/mol. The lowest BCUT2D eigenvalue weighted by molar-refractivity contribution is 0.0691. The lowest BCUT2D eigenvalue weighted by Gasteiger charge is -2.20. The third-order valence-corrected chi connectivity index (χ3v) is 4.62. The average Bonchev–Trinajstić information content (AvgIpc) is 2.40. The molecule has 0 aliphatic heterocycles. The highest BCUT2D eigenvalue weighted by molar-refractivity contribution is 7.89. The van der Waals surface area contributed by atoms with Crippen molar-refractivity contribution in [2.75, 3.05) is 19.7 Å². The van der Waals surface area contributed by atoms with Crippen molar-refractivity contribution in [3.8, 4) is 0 Å². The molecule has 6 nitrogen and oxygen atoms in total. The predicted molar refractivity (Wildman–Crippen MR) is 74.1 cm³/mol. The van der Waals surface area contributed by atoms with E-state index in [-0.39, 0.29) is 23.5 Å². The Bertz CT molecular complexity index is 657. The SMILES string of the molecule is C=CCN(CCO)S(=O)(=O)c1cc(C)c(F)c(C(=O)O)c1. The Morgan fingerprint density at radius 3 is 2.57 bits per heavy atom. The Labute approximate surface area is 122 Å². The van der Waals surface area contributed by atoms with E-state index in [4.69, 9.17) is 10.2 Å². The summed E-state index contributed by atoms with van der Waals surface area (Å²) in [6.07, 6.45) is 1.34. The zero-order valence-electron chi connectivity index (χ0n) is 11.4. The topological polar surface area (TPSA) is 94.9 Å². The molecule has 2 N–H and O–H groups in total. The van der Waals surface area contributed by atoms with E-state index in [1.165, 1.54) is 13.0 Å². The number of sulfonamides is 1. The number of benzene rings is 1. The van der Waals surface area contributed by atoms with Crippen LogP contribution in [0, 0.1) is 12.7 Å². The van der Waals surface area contributed by atoms with Crippen LogP contribution in [0.15, 0.2) is 29.7 Å². The molecule has 1 rings (SSSR count).